The SMILES string of the molecule is COCC(O)CS(=O)(=O)Cc1ccccc1. The lowest BCUT2D eigenvalue weighted by atomic mass is 10.2. The maximum atomic E-state index is 11.7. The third kappa shape index (κ3) is 4.74. The van der Waals surface area contributed by atoms with E-state index in [4.69, 9.17) is 0 Å². The Balaban J connectivity index is 2.59. The van der Waals surface area contributed by atoms with Crippen molar-refractivity contribution in [1.82, 2.24) is 0 Å². The number of hydrogen-bond donors (Lipinski definition) is 1. The summed E-state index contributed by atoms with van der Waals surface area (Å²) in [5.41, 5.74) is 0.729. The van der Waals surface area contributed by atoms with Gasteiger partial charge in [-0.2, -0.15) is 0 Å². The van der Waals surface area contributed by atoms with Gasteiger partial charge in [0.25, 0.3) is 0 Å². The summed E-state index contributed by atoms with van der Waals surface area (Å²) in [5.74, 6) is -0.315. The number of aliphatic hydroxyl groups is 1. The van der Waals surface area contributed by atoms with Crippen molar-refractivity contribution in [2.24, 2.45) is 0 Å². The Morgan fingerprint density at radius 1 is 1.31 bits per heavy atom. The lowest BCUT2D eigenvalue weighted by Gasteiger charge is -2.10. The minimum Gasteiger partial charge on any atom is -0.390 e. The van der Waals surface area contributed by atoms with E-state index in [2.05, 4.69) is 4.74 Å². The van der Waals surface area contributed by atoms with Crippen LogP contribution in [0.25, 0.3) is 0 Å². The van der Waals surface area contributed by atoms with E-state index < -0.39 is 15.9 Å². The van der Waals surface area contributed by atoms with Crippen LogP contribution in [0.5, 0.6) is 0 Å². The number of rotatable bonds is 6. The minimum absolute atomic E-state index is 0.0357. The van der Waals surface area contributed by atoms with Crippen LogP contribution in [0.2, 0.25) is 0 Å². The zero-order valence-corrected chi connectivity index (χ0v) is 9.98. The van der Waals surface area contributed by atoms with Gasteiger partial charge in [0, 0.05) is 7.11 Å². The second-order valence-electron chi connectivity index (χ2n) is 3.65. The van der Waals surface area contributed by atoms with E-state index in [0.717, 1.165) is 5.56 Å². The number of methoxy groups -OCH3 is 1. The van der Waals surface area contributed by atoms with E-state index in [1.54, 1.807) is 24.3 Å². The summed E-state index contributed by atoms with van der Waals surface area (Å²) in [6.07, 6.45) is -0.960. The van der Waals surface area contributed by atoms with Crippen molar-refractivity contribution in [1.29, 1.82) is 0 Å². The van der Waals surface area contributed by atoms with Crippen LogP contribution in [-0.2, 0) is 20.3 Å². The van der Waals surface area contributed by atoms with Crippen LogP contribution in [0.4, 0.5) is 0 Å². The first-order chi connectivity index (χ1) is 7.53. The highest BCUT2D eigenvalue weighted by atomic mass is 32.2. The van der Waals surface area contributed by atoms with Crippen molar-refractivity contribution in [3.05, 3.63) is 35.9 Å². The predicted octanol–water partition coefficient (Wildman–Crippen LogP) is 0.609. The fourth-order valence-electron chi connectivity index (χ4n) is 1.42. The summed E-state index contributed by atoms with van der Waals surface area (Å²) in [6.45, 7) is 0.0357. The number of benzene rings is 1. The van der Waals surface area contributed by atoms with E-state index in [1.807, 2.05) is 6.07 Å². The summed E-state index contributed by atoms with van der Waals surface area (Å²) in [4.78, 5) is 0. The molecule has 90 valence electrons. The summed E-state index contributed by atoms with van der Waals surface area (Å²) in [5, 5.41) is 9.36. The highest BCUT2D eigenvalue weighted by Crippen LogP contribution is 2.07. The lowest BCUT2D eigenvalue weighted by molar-refractivity contribution is 0.0783. The van der Waals surface area contributed by atoms with E-state index >= 15 is 0 Å². The molecular formula is C11H16O4S. The molecule has 0 bridgehead atoms. The van der Waals surface area contributed by atoms with Crippen LogP contribution in [-0.4, -0.2) is 39.1 Å². The fourth-order valence-corrected chi connectivity index (χ4v) is 2.92. The molecule has 0 fully saturated rings. The Kier molecular flexibility index (Phi) is 4.92. The van der Waals surface area contributed by atoms with Gasteiger partial charge in [-0.3, -0.25) is 0 Å². The van der Waals surface area contributed by atoms with E-state index in [-0.39, 0.29) is 18.1 Å². The third-order valence-electron chi connectivity index (χ3n) is 2.03. The quantitative estimate of drug-likeness (QED) is 0.796. The van der Waals surface area contributed by atoms with Gasteiger partial charge in [-0.15, -0.1) is 0 Å². The Bertz CT molecular complexity index is 399. The van der Waals surface area contributed by atoms with Crippen molar-refractivity contribution in [3.8, 4) is 0 Å². The highest BCUT2D eigenvalue weighted by Gasteiger charge is 2.17. The summed E-state index contributed by atoms with van der Waals surface area (Å²) >= 11 is 0. The molecule has 1 aromatic rings. The molecule has 1 aromatic carbocycles. The van der Waals surface area contributed by atoms with Crippen molar-refractivity contribution in [3.63, 3.8) is 0 Å². The van der Waals surface area contributed by atoms with E-state index in [9.17, 15) is 13.5 Å². The first-order valence-corrected chi connectivity index (χ1v) is 6.77. The molecule has 1 rings (SSSR count). The standard InChI is InChI=1S/C11H16O4S/c1-15-7-11(12)9-16(13,14)8-10-5-3-2-4-6-10/h2-6,11-12H,7-9H2,1H3. The molecule has 5 heteroatoms. The normalized spacial score (nSPS) is 13.6. The summed E-state index contributed by atoms with van der Waals surface area (Å²) in [7, 11) is -1.86. The zero-order valence-electron chi connectivity index (χ0n) is 9.17. The van der Waals surface area contributed by atoms with Gasteiger partial charge in [0.1, 0.15) is 0 Å². The predicted molar refractivity (Wildman–Crippen MR) is 61.8 cm³/mol. The minimum atomic E-state index is -3.29. The van der Waals surface area contributed by atoms with Crippen LogP contribution in [0, 0.1) is 0 Å². The molecule has 0 aromatic heterocycles. The van der Waals surface area contributed by atoms with Gasteiger partial charge in [0.15, 0.2) is 9.84 Å². The molecule has 0 aliphatic rings. The molecule has 0 heterocycles. The number of ether oxygens (including phenoxy) is 1. The summed E-state index contributed by atoms with van der Waals surface area (Å²) in [6, 6.07) is 8.91. The Morgan fingerprint density at radius 3 is 2.50 bits per heavy atom. The number of sulfone groups is 1. The third-order valence-corrected chi connectivity index (χ3v) is 3.70. The molecule has 1 unspecified atom stereocenters. The van der Waals surface area contributed by atoms with Gasteiger partial charge in [-0.25, -0.2) is 8.42 Å². The molecule has 0 radical (unpaired) electrons. The topological polar surface area (TPSA) is 63.6 Å². The summed E-state index contributed by atoms with van der Waals surface area (Å²) < 4.78 is 28.0. The van der Waals surface area contributed by atoms with Gasteiger partial charge in [0.05, 0.1) is 24.2 Å². The first-order valence-electron chi connectivity index (χ1n) is 4.95. The van der Waals surface area contributed by atoms with Crippen LogP contribution < -0.4 is 0 Å². The lowest BCUT2D eigenvalue weighted by Crippen LogP contribution is -2.26. The molecule has 0 saturated carbocycles. The average Bonchev–Trinajstić information content (AvgIpc) is 2.17. The second-order valence-corrected chi connectivity index (χ2v) is 5.76. The Hall–Kier alpha value is -0.910. The van der Waals surface area contributed by atoms with Crippen molar-refractivity contribution < 1.29 is 18.3 Å². The first kappa shape index (κ1) is 13.2. The van der Waals surface area contributed by atoms with E-state index in [0.29, 0.717) is 0 Å². The molecule has 0 aliphatic heterocycles. The second kappa shape index (κ2) is 5.98. The molecule has 16 heavy (non-hydrogen) atoms. The Labute approximate surface area is 95.8 Å². The molecule has 0 saturated heterocycles. The maximum absolute atomic E-state index is 11.7. The monoisotopic (exact) mass is 244 g/mol. The van der Waals surface area contributed by atoms with Gasteiger partial charge in [0.2, 0.25) is 0 Å². The van der Waals surface area contributed by atoms with Crippen LogP contribution in [0.15, 0.2) is 30.3 Å². The van der Waals surface area contributed by atoms with Crippen molar-refractivity contribution in [2.45, 2.75) is 11.9 Å². The van der Waals surface area contributed by atoms with Crippen LogP contribution in [0.3, 0.4) is 0 Å². The van der Waals surface area contributed by atoms with Crippen molar-refractivity contribution in [2.75, 3.05) is 19.5 Å². The van der Waals surface area contributed by atoms with Crippen molar-refractivity contribution >= 4 is 9.84 Å². The van der Waals surface area contributed by atoms with Crippen LogP contribution in [0.1, 0.15) is 5.56 Å². The Morgan fingerprint density at radius 2 is 1.94 bits per heavy atom. The maximum Gasteiger partial charge on any atom is 0.157 e. The average molecular weight is 244 g/mol. The van der Waals surface area contributed by atoms with Gasteiger partial charge in [-0.05, 0) is 5.56 Å². The molecular weight excluding hydrogens is 228 g/mol. The highest BCUT2D eigenvalue weighted by molar-refractivity contribution is 7.90. The fraction of sp³-hybridized carbons (Fsp3) is 0.455. The molecule has 1 atom stereocenters. The zero-order chi connectivity index (χ0) is 12.0. The van der Waals surface area contributed by atoms with Gasteiger partial charge < -0.3 is 9.84 Å². The largest absolute Gasteiger partial charge is 0.390 e. The molecule has 4 nitrogen and oxygen atoms in total. The molecule has 0 spiro atoms. The smallest absolute Gasteiger partial charge is 0.157 e. The number of hydrogen-bond acceptors (Lipinski definition) is 4. The number of aliphatic hydroxyl groups excluding tert-OH is 1. The van der Waals surface area contributed by atoms with Gasteiger partial charge in [-0.1, -0.05) is 30.3 Å². The molecule has 1 N–H and O–H groups in total. The molecule has 0 aliphatic carbocycles. The van der Waals surface area contributed by atoms with Crippen LogP contribution >= 0.6 is 0 Å². The van der Waals surface area contributed by atoms with Gasteiger partial charge >= 0.3 is 0 Å². The molecule has 0 amide bonds. The van der Waals surface area contributed by atoms with E-state index in [1.165, 1.54) is 7.11 Å².